The van der Waals surface area contributed by atoms with Crippen LogP contribution in [0.4, 0.5) is 0 Å². The predicted molar refractivity (Wildman–Crippen MR) is 60.9 cm³/mol. The van der Waals surface area contributed by atoms with Crippen LogP contribution in [-0.2, 0) is 18.0 Å². The van der Waals surface area contributed by atoms with Gasteiger partial charge in [-0.1, -0.05) is 30.3 Å². The topological polar surface area (TPSA) is 35.3 Å². The molecule has 2 rings (SSSR count). The maximum atomic E-state index is 5.52. The molecule has 0 saturated heterocycles. The largest absolute Gasteiger partial charge is 0.443 e. The van der Waals surface area contributed by atoms with Crippen LogP contribution >= 0.6 is 0 Å². The molecule has 0 unspecified atom stereocenters. The minimum absolute atomic E-state index is 0.420. The SMILES string of the molecule is Cc1nc(COCc2ccccc2)oc1C. The second-order valence-corrected chi connectivity index (χ2v) is 3.73. The molecule has 0 atom stereocenters. The van der Waals surface area contributed by atoms with Gasteiger partial charge in [-0.15, -0.1) is 0 Å². The lowest BCUT2D eigenvalue weighted by Gasteiger charge is -2.00. The van der Waals surface area contributed by atoms with Crippen LogP contribution < -0.4 is 0 Å². The average Bonchev–Trinajstić information content (AvgIpc) is 2.60. The van der Waals surface area contributed by atoms with E-state index in [0.29, 0.717) is 19.1 Å². The number of rotatable bonds is 4. The van der Waals surface area contributed by atoms with Crippen LogP contribution in [-0.4, -0.2) is 4.98 Å². The number of aromatic nitrogens is 1. The minimum atomic E-state index is 0.420. The Morgan fingerprint density at radius 2 is 1.88 bits per heavy atom. The summed E-state index contributed by atoms with van der Waals surface area (Å²) in [5, 5.41) is 0. The van der Waals surface area contributed by atoms with Crippen molar-refractivity contribution >= 4 is 0 Å². The van der Waals surface area contributed by atoms with E-state index in [2.05, 4.69) is 4.98 Å². The summed E-state index contributed by atoms with van der Waals surface area (Å²) in [6, 6.07) is 10.1. The van der Waals surface area contributed by atoms with Gasteiger partial charge >= 0.3 is 0 Å². The molecule has 0 aliphatic heterocycles. The number of hydrogen-bond acceptors (Lipinski definition) is 3. The summed E-state index contributed by atoms with van der Waals surface area (Å²) in [4.78, 5) is 4.25. The molecule has 84 valence electrons. The second kappa shape index (κ2) is 4.94. The zero-order valence-electron chi connectivity index (χ0n) is 9.56. The Morgan fingerprint density at radius 1 is 1.12 bits per heavy atom. The maximum Gasteiger partial charge on any atom is 0.220 e. The molecule has 1 aromatic carbocycles. The van der Waals surface area contributed by atoms with E-state index in [1.54, 1.807) is 0 Å². The molecular formula is C13H15NO2. The van der Waals surface area contributed by atoms with E-state index in [0.717, 1.165) is 17.0 Å². The molecule has 2 aromatic rings. The van der Waals surface area contributed by atoms with Crippen molar-refractivity contribution in [2.45, 2.75) is 27.1 Å². The predicted octanol–water partition coefficient (Wildman–Crippen LogP) is 3.01. The summed E-state index contributed by atoms with van der Waals surface area (Å²) in [6.07, 6.45) is 0. The molecule has 1 aromatic heterocycles. The molecule has 1 heterocycles. The molecule has 0 aliphatic carbocycles. The van der Waals surface area contributed by atoms with Gasteiger partial charge in [0.15, 0.2) is 0 Å². The van der Waals surface area contributed by atoms with Gasteiger partial charge in [0.1, 0.15) is 12.4 Å². The first-order valence-electron chi connectivity index (χ1n) is 5.30. The van der Waals surface area contributed by atoms with Crippen LogP contribution in [0.25, 0.3) is 0 Å². The van der Waals surface area contributed by atoms with Gasteiger partial charge < -0.3 is 9.15 Å². The fraction of sp³-hybridized carbons (Fsp3) is 0.308. The Kier molecular flexibility index (Phi) is 3.37. The lowest BCUT2D eigenvalue weighted by Crippen LogP contribution is -1.94. The van der Waals surface area contributed by atoms with E-state index in [1.807, 2.05) is 44.2 Å². The smallest absolute Gasteiger partial charge is 0.220 e. The van der Waals surface area contributed by atoms with Crippen molar-refractivity contribution < 1.29 is 9.15 Å². The van der Waals surface area contributed by atoms with E-state index in [-0.39, 0.29) is 0 Å². The van der Waals surface area contributed by atoms with Gasteiger partial charge in [0, 0.05) is 0 Å². The molecule has 0 amide bonds. The van der Waals surface area contributed by atoms with Crippen molar-refractivity contribution in [3.8, 4) is 0 Å². The Labute approximate surface area is 95.1 Å². The Bertz CT molecular complexity index is 429. The fourth-order valence-corrected chi connectivity index (χ4v) is 1.43. The fourth-order valence-electron chi connectivity index (χ4n) is 1.43. The van der Waals surface area contributed by atoms with Crippen LogP contribution in [0.15, 0.2) is 34.7 Å². The minimum Gasteiger partial charge on any atom is -0.443 e. The molecule has 0 aliphatic rings. The highest BCUT2D eigenvalue weighted by Gasteiger charge is 2.04. The summed E-state index contributed by atoms with van der Waals surface area (Å²) in [5.74, 6) is 1.50. The number of benzene rings is 1. The molecule has 16 heavy (non-hydrogen) atoms. The van der Waals surface area contributed by atoms with Crippen LogP contribution in [0.5, 0.6) is 0 Å². The molecule has 3 nitrogen and oxygen atoms in total. The number of nitrogens with zero attached hydrogens (tertiary/aromatic N) is 1. The van der Waals surface area contributed by atoms with Gasteiger partial charge in [0.25, 0.3) is 0 Å². The van der Waals surface area contributed by atoms with Crippen LogP contribution in [0.3, 0.4) is 0 Å². The van der Waals surface area contributed by atoms with Gasteiger partial charge in [-0.25, -0.2) is 4.98 Å². The van der Waals surface area contributed by atoms with Crippen molar-refractivity contribution in [3.05, 3.63) is 53.2 Å². The van der Waals surface area contributed by atoms with Crippen molar-refractivity contribution in [1.29, 1.82) is 0 Å². The molecule has 0 N–H and O–H groups in total. The van der Waals surface area contributed by atoms with Crippen LogP contribution in [0.1, 0.15) is 22.9 Å². The van der Waals surface area contributed by atoms with Gasteiger partial charge in [-0.2, -0.15) is 0 Å². The van der Waals surface area contributed by atoms with Crippen molar-refractivity contribution in [2.24, 2.45) is 0 Å². The van der Waals surface area contributed by atoms with Crippen LogP contribution in [0.2, 0.25) is 0 Å². The third-order valence-electron chi connectivity index (χ3n) is 2.41. The Hall–Kier alpha value is -1.61. The summed E-state index contributed by atoms with van der Waals surface area (Å²) >= 11 is 0. The third-order valence-corrected chi connectivity index (χ3v) is 2.41. The summed E-state index contributed by atoms with van der Waals surface area (Å²) in [7, 11) is 0. The quantitative estimate of drug-likeness (QED) is 0.789. The van der Waals surface area contributed by atoms with E-state index in [9.17, 15) is 0 Å². The Morgan fingerprint density at radius 3 is 2.50 bits per heavy atom. The standard InChI is InChI=1S/C13H15NO2/c1-10-11(2)16-13(14-10)9-15-8-12-6-4-3-5-7-12/h3-7H,8-9H2,1-2H3. The lowest BCUT2D eigenvalue weighted by atomic mass is 10.2. The molecule has 0 radical (unpaired) electrons. The highest BCUT2D eigenvalue weighted by atomic mass is 16.5. The molecule has 3 heteroatoms. The maximum absolute atomic E-state index is 5.52. The molecule has 0 saturated carbocycles. The number of oxazole rings is 1. The normalized spacial score (nSPS) is 10.6. The molecule has 0 fully saturated rings. The van der Waals surface area contributed by atoms with Crippen molar-refractivity contribution in [2.75, 3.05) is 0 Å². The zero-order valence-corrected chi connectivity index (χ0v) is 9.56. The lowest BCUT2D eigenvalue weighted by molar-refractivity contribution is 0.0889. The first-order chi connectivity index (χ1) is 7.75. The average molecular weight is 217 g/mol. The monoisotopic (exact) mass is 217 g/mol. The first kappa shape index (κ1) is 10.9. The summed E-state index contributed by atoms with van der Waals surface area (Å²) in [6.45, 7) is 4.84. The summed E-state index contributed by atoms with van der Waals surface area (Å²) in [5.41, 5.74) is 2.08. The van der Waals surface area contributed by atoms with E-state index >= 15 is 0 Å². The number of hydrogen-bond donors (Lipinski definition) is 0. The van der Waals surface area contributed by atoms with E-state index in [4.69, 9.17) is 9.15 Å². The van der Waals surface area contributed by atoms with Gasteiger partial charge in [0.2, 0.25) is 5.89 Å². The highest BCUT2D eigenvalue weighted by molar-refractivity contribution is 5.13. The number of ether oxygens (including phenoxy) is 1. The van der Waals surface area contributed by atoms with Gasteiger partial charge in [0.05, 0.1) is 12.3 Å². The van der Waals surface area contributed by atoms with E-state index in [1.165, 1.54) is 0 Å². The molecule has 0 bridgehead atoms. The van der Waals surface area contributed by atoms with Gasteiger partial charge in [-0.3, -0.25) is 0 Å². The summed E-state index contributed by atoms with van der Waals surface area (Å²) < 4.78 is 10.9. The molecular weight excluding hydrogens is 202 g/mol. The molecule has 0 spiro atoms. The van der Waals surface area contributed by atoms with Gasteiger partial charge in [-0.05, 0) is 19.4 Å². The first-order valence-corrected chi connectivity index (χ1v) is 5.30. The van der Waals surface area contributed by atoms with E-state index < -0.39 is 0 Å². The highest BCUT2D eigenvalue weighted by Crippen LogP contribution is 2.10. The Balaban J connectivity index is 1.84. The number of aryl methyl sites for hydroxylation is 2. The third kappa shape index (κ3) is 2.70. The van der Waals surface area contributed by atoms with Crippen molar-refractivity contribution in [3.63, 3.8) is 0 Å². The second-order valence-electron chi connectivity index (χ2n) is 3.73. The van der Waals surface area contributed by atoms with Crippen molar-refractivity contribution in [1.82, 2.24) is 4.98 Å². The zero-order chi connectivity index (χ0) is 11.4. The van der Waals surface area contributed by atoms with Crippen LogP contribution in [0, 0.1) is 13.8 Å².